The van der Waals surface area contributed by atoms with Crippen molar-refractivity contribution in [3.05, 3.63) is 42.0 Å². The number of hydrogen-bond donors (Lipinski definition) is 1. The molecule has 9 heteroatoms. The van der Waals surface area contributed by atoms with Gasteiger partial charge in [-0.1, -0.05) is 12.1 Å². The minimum atomic E-state index is -0.461. The minimum Gasteiger partial charge on any atom is -0.377 e. The number of morpholine rings is 2. The van der Waals surface area contributed by atoms with Crippen LogP contribution in [-0.2, 0) is 9.47 Å². The van der Waals surface area contributed by atoms with Crippen molar-refractivity contribution >= 4 is 28.7 Å². The molecule has 1 saturated carbocycles. The molecule has 0 radical (unpaired) electrons. The number of carbonyl (C=O) groups excluding carboxylic acids is 1. The summed E-state index contributed by atoms with van der Waals surface area (Å²) in [6.45, 7) is 6.48. The summed E-state index contributed by atoms with van der Waals surface area (Å²) in [6, 6.07) is 11.4. The second kappa shape index (κ2) is 8.18. The normalized spacial score (nSPS) is 21.7. The van der Waals surface area contributed by atoms with Gasteiger partial charge in [0.15, 0.2) is 5.65 Å². The quantitative estimate of drug-likeness (QED) is 0.633. The topological polar surface area (TPSA) is 107 Å². The lowest BCUT2D eigenvalue weighted by atomic mass is 10.1. The number of nitrogens with two attached hydrogens (primary N) is 1. The third kappa shape index (κ3) is 3.84. The molecule has 3 aromatic rings. The van der Waals surface area contributed by atoms with Crippen LogP contribution in [0.1, 0.15) is 30.1 Å². The Morgan fingerprint density at radius 3 is 2.79 bits per heavy atom. The van der Waals surface area contributed by atoms with Crippen molar-refractivity contribution in [3.8, 4) is 11.3 Å². The third-order valence-corrected chi connectivity index (χ3v) is 6.95. The number of hydrogen-bond acceptors (Lipinski definition) is 8. The van der Waals surface area contributed by atoms with Crippen LogP contribution >= 0.6 is 0 Å². The van der Waals surface area contributed by atoms with Crippen molar-refractivity contribution in [2.24, 2.45) is 5.73 Å². The molecular formula is C25H28N6O3. The second-order valence-corrected chi connectivity index (χ2v) is 9.43. The van der Waals surface area contributed by atoms with E-state index in [9.17, 15) is 4.79 Å². The van der Waals surface area contributed by atoms with E-state index in [1.54, 1.807) is 12.1 Å². The van der Waals surface area contributed by atoms with Gasteiger partial charge in [-0.25, -0.2) is 4.98 Å². The number of benzene rings is 1. The van der Waals surface area contributed by atoms with Crippen LogP contribution in [0.3, 0.4) is 0 Å². The predicted molar refractivity (Wildman–Crippen MR) is 129 cm³/mol. The number of nitrogens with zero attached hydrogens (tertiary/aromatic N) is 5. The number of carbonyl (C=O) groups is 1. The lowest BCUT2D eigenvalue weighted by Crippen LogP contribution is -2.46. The summed E-state index contributed by atoms with van der Waals surface area (Å²) in [5, 5.41) is 0.904. The van der Waals surface area contributed by atoms with E-state index in [4.69, 9.17) is 30.2 Å². The van der Waals surface area contributed by atoms with Gasteiger partial charge in [0.25, 0.3) is 0 Å². The summed E-state index contributed by atoms with van der Waals surface area (Å²) in [7, 11) is 0. The van der Waals surface area contributed by atoms with E-state index in [1.807, 2.05) is 24.3 Å². The molecule has 2 N–H and O–H groups in total. The molecule has 2 saturated heterocycles. The molecule has 2 aliphatic heterocycles. The van der Waals surface area contributed by atoms with E-state index >= 15 is 0 Å². The predicted octanol–water partition coefficient (Wildman–Crippen LogP) is 2.38. The Bertz CT molecular complexity index is 1260. The molecule has 0 unspecified atom stereocenters. The van der Waals surface area contributed by atoms with Gasteiger partial charge in [0.05, 0.1) is 42.5 Å². The van der Waals surface area contributed by atoms with Gasteiger partial charge in [-0.2, -0.15) is 9.97 Å². The Morgan fingerprint density at radius 2 is 2.00 bits per heavy atom. The van der Waals surface area contributed by atoms with Gasteiger partial charge in [-0.3, -0.25) is 4.79 Å². The zero-order chi connectivity index (χ0) is 23.3. The molecule has 1 spiro atoms. The Kier molecular flexibility index (Phi) is 5.11. The lowest BCUT2D eigenvalue weighted by molar-refractivity contribution is 0.0201. The van der Waals surface area contributed by atoms with Crippen LogP contribution in [0.25, 0.3) is 22.3 Å². The number of anilines is 2. The molecule has 3 fully saturated rings. The number of aromatic nitrogens is 3. The standard InChI is InChI=1S/C25H28N6O3/c1-16-14-33-11-10-31(16)23-19-5-6-20(17-3-2-4-18(13-17)21(26)32)27-22(19)28-24(29-23)30-9-12-34-25(15-30)7-8-25/h2-6,13,16H,7-12,14-15H2,1H3,(H2,26,32)/t16-/m0/s1. The average Bonchev–Trinajstić information content (AvgIpc) is 3.61. The maximum atomic E-state index is 11.7. The highest BCUT2D eigenvalue weighted by Gasteiger charge is 2.48. The fraction of sp³-hybridized carbons (Fsp3) is 0.440. The Hall–Kier alpha value is -3.30. The summed E-state index contributed by atoms with van der Waals surface area (Å²) in [4.78, 5) is 31.1. The van der Waals surface area contributed by atoms with Gasteiger partial charge in [-0.05, 0) is 44.0 Å². The monoisotopic (exact) mass is 460 g/mol. The van der Waals surface area contributed by atoms with Gasteiger partial charge >= 0.3 is 0 Å². The molecule has 176 valence electrons. The summed E-state index contributed by atoms with van der Waals surface area (Å²) in [5.41, 5.74) is 8.10. The fourth-order valence-corrected chi connectivity index (χ4v) is 4.84. The van der Waals surface area contributed by atoms with Crippen LogP contribution in [0.5, 0.6) is 0 Å². The minimum absolute atomic E-state index is 0.0343. The summed E-state index contributed by atoms with van der Waals surface area (Å²) >= 11 is 0. The van der Waals surface area contributed by atoms with Crippen LogP contribution in [-0.4, -0.2) is 72.0 Å². The first-order chi connectivity index (χ1) is 16.5. The van der Waals surface area contributed by atoms with E-state index in [0.717, 1.165) is 54.9 Å². The number of pyridine rings is 1. The molecule has 34 heavy (non-hydrogen) atoms. The van der Waals surface area contributed by atoms with Crippen molar-refractivity contribution < 1.29 is 14.3 Å². The summed E-state index contributed by atoms with van der Waals surface area (Å²) in [6.07, 6.45) is 2.17. The zero-order valence-corrected chi connectivity index (χ0v) is 19.2. The van der Waals surface area contributed by atoms with Crippen molar-refractivity contribution in [1.82, 2.24) is 15.0 Å². The Balaban J connectivity index is 1.47. The van der Waals surface area contributed by atoms with Gasteiger partial charge in [-0.15, -0.1) is 0 Å². The Morgan fingerprint density at radius 1 is 1.12 bits per heavy atom. The molecule has 6 rings (SSSR count). The van der Waals surface area contributed by atoms with E-state index in [-0.39, 0.29) is 11.6 Å². The van der Waals surface area contributed by atoms with Crippen LogP contribution < -0.4 is 15.5 Å². The zero-order valence-electron chi connectivity index (χ0n) is 19.2. The van der Waals surface area contributed by atoms with Crippen LogP contribution in [0, 0.1) is 0 Å². The van der Waals surface area contributed by atoms with Crippen molar-refractivity contribution in [3.63, 3.8) is 0 Å². The number of ether oxygens (including phenoxy) is 2. The maximum Gasteiger partial charge on any atom is 0.248 e. The third-order valence-electron chi connectivity index (χ3n) is 6.95. The van der Waals surface area contributed by atoms with E-state index < -0.39 is 5.91 Å². The van der Waals surface area contributed by atoms with Crippen molar-refractivity contribution in [1.29, 1.82) is 0 Å². The summed E-state index contributed by atoms with van der Waals surface area (Å²) in [5.74, 6) is 1.11. The average molecular weight is 461 g/mol. The first-order valence-electron chi connectivity index (χ1n) is 11.8. The number of fused-ring (bicyclic) bond motifs is 1. The number of primary amides is 1. The molecular weight excluding hydrogens is 432 g/mol. The summed E-state index contributed by atoms with van der Waals surface area (Å²) < 4.78 is 11.7. The van der Waals surface area contributed by atoms with E-state index in [0.29, 0.717) is 37.0 Å². The van der Waals surface area contributed by atoms with Crippen molar-refractivity contribution in [2.45, 2.75) is 31.4 Å². The van der Waals surface area contributed by atoms with Crippen LogP contribution in [0.15, 0.2) is 36.4 Å². The SMILES string of the molecule is C[C@H]1COCCN1c1nc(N2CCOC3(CC3)C2)nc2nc(-c3cccc(C(N)=O)c3)ccc12. The molecule has 4 heterocycles. The highest BCUT2D eigenvalue weighted by atomic mass is 16.5. The maximum absolute atomic E-state index is 11.7. The molecule has 3 aliphatic rings. The smallest absolute Gasteiger partial charge is 0.248 e. The Labute approximate surface area is 197 Å². The van der Waals surface area contributed by atoms with Crippen molar-refractivity contribution in [2.75, 3.05) is 49.3 Å². The second-order valence-electron chi connectivity index (χ2n) is 9.43. The lowest BCUT2D eigenvalue weighted by Gasteiger charge is -2.36. The van der Waals surface area contributed by atoms with Gasteiger partial charge in [0, 0.05) is 30.8 Å². The molecule has 1 atom stereocenters. The van der Waals surface area contributed by atoms with Crippen LogP contribution in [0.4, 0.5) is 11.8 Å². The largest absolute Gasteiger partial charge is 0.377 e. The fourth-order valence-electron chi connectivity index (χ4n) is 4.84. The first-order valence-corrected chi connectivity index (χ1v) is 11.8. The van der Waals surface area contributed by atoms with Gasteiger partial charge < -0.3 is 25.0 Å². The molecule has 1 amide bonds. The van der Waals surface area contributed by atoms with Gasteiger partial charge in [0.2, 0.25) is 11.9 Å². The molecule has 9 nitrogen and oxygen atoms in total. The highest BCUT2D eigenvalue weighted by Crippen LogP contribution is 2.43. The molecule has 0 bridgehead atoms. The van der Waals surface area contributed by atoms with E-state index in [2.05, 4.69) is 16.7 Å². The molecule has 1 aromatic carbocycles. The highest BCUT2D eigenvalue weighted by molar-refractivity contribution is 5.94. The van der Waals surface area contributed by atoms with Crippen LogP contribution in [0.2, 0.25) is 0 Å². The first kappa shape index (κ1) is 21.2. The molecule has 1 aliphatic carbocycles. The number of amides is 1. The van der Waals surface area contributed by atoms with Gasteiger partial charge in [0.1, 0.15) is 5.82 Å². The number of rotatable bonds is 4. The molecule has 2 aromatic heterocycles. The van der Waals surface area contributed by atoms with E-state index in [1.165, 1.54) is 0 Å².